The molecule has 0 aliphatic carbocycles. The second-order valence-electron chi connectivity index (χ2n) is 4.82. The number of ether oxygens (including phenoxy) is 1. The van der Waals surface area contributed by atoms with Gasteiger partial charge in [0.25, 0.3) is 0 Å². The molecule has 1 aliphatic heterocycles. The highest BCUT2D eigenvalue weighted by atomic mass is 32.1. The van der Waals surface area contributed by atoms with Crippen molar-refractivity contribution >= 4 is 22.5 Å². The predicted molar refractivity (Wildman–Crippen MR) is 80.5 cm³/mol. The van der Waals surface area contributed by atoms with Crippen LogP contribution in [0.4, 0.5) is 9.93 Å². The van der Waals surface area contributed by atoms with Crippen LogP contribution in [0.5, 0.6) is 0 Å². The molecule has 1 N–H and O–H groups in total. The van der Waals surface area contributed by atoms with E-state index in [-0.39, 0.29) is 6.03 Å². The molecule has 1 aromatic rings. The molecule has 0 spiro atoms. The van der Waals surface area contributed by atoms with Crippen LogP contribution in [0.2, 0.25) is 0 Å². The Morgan fingerprint density at radius 3 is 2.80 bits per heavy atom. The third kappa shape index (κ3) is 4.08. The Morgan fingerprint density at radius 2 is 2.20 bits per heavy atom. The largest absolute Gasteiger partial charge is 0.385 e. The van der Waals surface area contributed by atoms with Gasteiger partial charge in [-0.05, 0) is 13.3 Å². The number of piperazine rings is 1. The Balaban J connectivity index is 1.72. The van der Waals surface area contributed by atoms with Gasteiger partial charge in [-0.2, -0.15) is 0 Å². The Hall–Kier alpha value is -1.34. The Labute approximate surface area is 123 Å². The molecule has 1 saturated heterocycles. The fraction of sp³-hybridized carbons (Fsp3) is 0.692. The van der Waals surface area contributed by atoms with E-state index in [1.807, 2.05) is 11.8 Å². The van der Waals surface area contributed by atoms with Gasteiger partial charge in [-0.1, -0.05) is 0 Å². The molecule has 1 fully saturated rings. The van der Waals surface area contributed by atoms with Gasteiger partial charge in [-0.15, -0.1) is 11.3 Å². The summed E-state index contributed by atoms with van der Waals surface area (Å²) in [6.45, 7) is 6.53. The molecule has 7 heteroatoms. The van der Waals surface area contributed by atoms with Crippen LogP contribution in [-0.4, -0.2) is 62.4 Å². The van der Waals surface area contributed by atoms with Crippen molar-refractivity contribution in [1.82, 2.24) is 15.2 Å². The number of amides is 2. The molecule has 0 aromatic carbocycles. The number of aryl methyl sites for hydroxylation is 1. The molecule has 0 unspecified atom stereocenters. The number of nitrogens with one attached hydrogen (secondary N) is 1. The Bertz CT molecular complexity index is 430. The number of methoxy groups -OCH3 is 1. The first-order chi connectivity index (χ1) is 9.70. The molecule has 2 heterocycles. The first kappa shape index (κ1) is 15.1. The van der Waals surface area contributed by atoms with Gasteiger partial charge in [0, 0.05) is 51.8 Å². The number of carbonyl (C=O) groups is 1. The lowest BCUT2D eigenvalue weighted by atomic mass is 10.3. The summed E-state index contributed by atoms with van der Waals surface area (Å²) in [4.78, 5) is 20.5. The maximum Gasteiger partial charge on any atom is 0.317 e. The first-order valence-electron chi connectivity index (χ1n) is 6.89. The summed E-state index contributed by atoms with van der Waals surface area (Å²) in [7, 11) is 1.67. The average molecular weight is 298 g/mol. The fourth-order valence-electron chi connectivity index (χ4n) is 2.11. The molecule has 112 valence electrons. The van der Waals surface area contributed by atoms with E-state index in [2.05, 4.69) is 20.6 Å². The number of nitrogens with zero attached hydrogens (tertiary/aromatic N) is 3. The molecular formula is C13H22N4O2S. The maximum absolute atomic E-state index is 12.0. The van der Waals surface area contributed by atoms with Crippen molar-refractivity contribution in [3.63, 3.8) is 0 Å². The van der Waals surface area contributed by atoms with Crippen molar-refractivity contribution < 1.29 is 9.53 Å². The zero-order valence-electron chi connectivity index (χ0n) is 12.1. The van der Waals surface area contributed by atoms with Crippen molar-refractivity contribution in [2.24, 2.45) is 0 Å². The van der Waals surface area contributed by atoms with Crippen molar-refractivity contribution in [2.45, 2.75) is 13.3 Å². The van der Waals surface area contributed by atoms with E-state index in [1.54, 1.807) is 18.4 Å². The second-order valence-corrected chi connectivity index (χ2v) is 5.66. The zero-order valence-corrected chi connectivity index (χ0v) is 12.9. The Morgan fingerprint density at radius 1 is 1.45 bits per heavy atom. The van der Waals surface area contributed by atoms with Crippen molar-refractivity contribution in [1.29, 1.82) is 0 Å². The number of carbonyl (C=O) groups excluding carboxylic acids is 1. The molecule has 0 saturated carbocycles. The summed E-state index contributed by atoms with van der Waals surface area (Å²) in [6, 6.07) is 0.0241. The Kier molecular flexibility index (Phi) is 5.60. The van der Waals surface area contributed by atoms with E-state index < -0.39 is 0 Å². The van der Waals surface area contributed by atoms with Crippen LogP contribution in [0.3, 0.4) is 0 Å². The second kappa shape index (κ2) is 7.44. The highest BCUT2D eigenvalue weighted by Gasteiger charge is 2.22. The highest BCUT2D eigenvalue weighted by Crippen LogP contribution is 2.21. The number of hydrogen-bond donors (Lipinski definition) is 1. The monoisotopic (exact) mass is 298 g/mol. The molecule has 6 nitrogen and oxygen atoms in total. The number of hydrogen-bond acceptors (Lipinski definition) is 5. The van der Waals surface area contributed by atoms with Gasteiger partial charge >= 0.3 is 6.03 Å². The topological polar surface area (TPSA) is 57.7 Å². The number of aromatic nitrogens is 1. The van der Waals surface area contributed by atoms with Gasteiger partial charge in [-0.3, -0.25) is 0 Å². The molecule has 1 aliphatic rings. The minimum absolute atomic E-state index is 0.0241. The lowest BCUT2D eigenvalue weighted by Crippen LogP contribution is -2.52. The number of thiazole rings is 1. The summed E-state index contributed by atoms with van der Waals surface area (Å²) >= 11 is 1.67. The minimum Gasteiger partial charge on any atom is -0.385 e. The molecular weight excluding hydrogens is 276 g/mol. The highest BCUT2D eigenvalue weighted by molar-refractivity contribution is 7.13. The van der Waals surface area contributed by atoms with Gasteiger partial charge in [0.1, 0.15) is 0 Å². The van der Waals surface area contributed by atoms with E-state index in [0.29, 0.717) is 13.2 Å². The molecule has 20 heavy (non-hydrogen) atoms. The number of anilines is 1. The van der Waals surface area contributed by atoms with Crippen LogP contribution in [0.15, 0.2) is 5.38 Å². The maximum atomic E-state index is 12.0. The SMILES string of the molecule is COCCCNC(=O)N1CCN(c2nc(C)cs2)CC1. The molecule has 2 rings (SSSR count). The summed E-state index contributed by atoms with van der Waals surface area (Å²) in [5, 5.41) is 6.04. The van der Waals surface area contributed by atoms with Gasteiger partial charge in [-0.25, -0.2) is 9.78 Å². The van der Waals surface area contributed by atoms with E-state index in [9.17, 15) is 4.79 Å². The van der Waals surface area contributed by atoms with Crippen LogP contribution in [0.25, 0.3) is 0 Å². The van der Waals surface area contributed by atoms with Crippen LogP contribution in [0.1, 0.15) is 12.1 Å². The van der Waals surface area contributed by atoms with Crippen molar-refractivity contribution in [2.75, 3.05) is 51.3 Å². The normalized spacial score (nSPS) is 15.5. The van der Waals surface area contributed by atoms with Crippen molar-refractivity contribution in [3.05, 3.63) is 11.1 Å². The predicted octanol–water partition coefficient (Wildman–Crippen LogP) is 1.32. The summed E-state index contributed by atoms with van der Waals surface area (Å²) in [6.07, 6.45) is 0.848. The van der Waals surface area contributed by atoms with E-state index in [1.165, 1.54) is 0 Å². The molecule has 1 aromatic heterocycles. The van der Waals surface area contributed by atoms with Gasteiger partial charge in [0.15, 0.2) is 5.13 Å². The average Bonchev–Trinajstić information content (AvgIpc) is 2.90. The smallest absolute Gasteiger partial charge is 0.317 e. The standard InChI is InChI=1S/C13H22N4O2S/c1-11-10-20-13(15-11)17-7-5-16(6-8-17)12(18)14-4-3-9-19-2/h10H,3-9H2,1-2H3,(H,14,18). The molecule has 0 radical (unpaired) electrons. The third-order valence-electron chi connectivity index (χ3n) is 3.25. The molecule has 0 atom stereocenters. The number of urea groups is 1. The van der Waals surface area contributed by atoms with Gasteiger partial charge in [0.05, 0.1) is 5.69 Å². The summed E-state index contributed by atoms with van der Waals surface area (Å²) in [5.41, 5.74) is 1.06. The summed E-state index contributed by atoms with van der Waals surface area (Å²) < 4.78 is 4.96. The lowest BCUT2D eigenvalue weighted by Gasteiger charge is -2.34. The van der Waals surface area contributed by atoms with Crippen LogP contribution < -0.4 is 10.2 Å². The van der Waals surface area contributed by atoms with Gasteiger partial charge in [0.2, 0.25) is 0 Å². The van der Waals surface area contributed by atoms with Crippen LogP contribution >= 0.6 is 11.3 Å². The van der Waals surface area contributed by atoms with E-state index in [0.717, 1.165) is 43.4 Å². The van der Waals surface area contributed by atoms with Crippen molar-refractivity contribution in [3.8, 4) is 0 Å². The van der Waals surface area contributed by atoms with Crippen LogP contribution in [0, 0.1) is 6.92 Å². The molecule has 2 amide bonds. The van der Waals surface area contributed by atoms with Gasteiger partial charge < -0.3 is 19.9 Å². The van der Waals surface area contributed by atoms with E-state index in [4.69, 9.17) is 4.74 Å². The fourth-order valence-corrected chi connectivity index (χ4v) is 2.97. The number of rotatable bonds is 5. The quantitative estimate of drug-likeness (QED) is 0.833. The molecule has 0 bridgehead atoms. The van der Waals surface area contributed by atoms with Crippen LogP contribution in [-0.2, 0) is 4.74 Å². The first-order valence-corrected chi connectivity index (χ1v) is 7.77. The van der Waals surface area contributed by atoms with E-state index >= 15 is 0 Å². The minimum atomic E-state index is 0.0241. The lowest BCUT2D eigenvalue weighted by molar-refractivity contribution is 0.183. The third-order valence-corrected chi connectivity index (χ3v) is 4.27. The summed E-state index contributed by atoms with van der Waals surface area (Å²) in [5.74, 6) is 0. The zero-order chi connectivity index (χ0) is 14.4.